The Kier molecular flexibility index (Phi) is 3.31. The average molecular weight is 291 g/mol. The minimum absolute atomic E-state index is 0.137. The molecule has 0 saturated heterocycles. The van der Waals surface area contributed by atoms with E-state index in [0.717, 1.165) is 10.5 Å². The molecule has 3 heterocycles. The number of nitrogens with zero attached hydrogens (tertiary/aromatic N) is 4. The van der Waals surface area contributed by atoms with E-state index < -0.39 is 5.91 Å². The van der Waals surface area contributed by atoms with Crippen LogP contribution in [0, 0.1) is 0 Å². The minimum Gasteiger partial charge on any atom is -0.360 e. The fourth-order valence-electron chi connectivity index (χ4n) is 1.55. The Labute approximate surface area is 116 Å². The lowest BCUT2D eigenvalue weighted by Gasteiger charge is -1.98. The molecule has 0 aromatic carbocycles. The Morgan fingerprint density at radius 2 is 2.35 bits per heavy atom. The van der Waals surface area contributed by atoms with Crippen molar-refractivity contribution >= 4 is 28.8 Å². The molecule has 1 amide bonds. The van der Waals surface area contributed by atoms with E-state index in [2.05, 4.69) is 25.1 Å². The van der Waals surface area contributed by atoms with Gasteiger partial charge in [0.1, 0.15) is 22.6 Å². The number of nitrogens with two attached hydrogens (primary N) is 1. The van der Waals surface area contributed by atoms with Gasteiger partial charge in [0.15, 0.2) is 11.3 Å². The summed E-state index contributed by atoms with van der Waals surface area (Å²) in [6, 6.07) is 1.53. The van der Waals surface area contributed by atoms with Gasteiger partial charge < -0.3 is 9.51 Å². The number of aromatic amines is 1. The Morgan fingerprint density at radius 1 is 1.45 bits per heavy atom. The first kappa shape index (κ1) is 12.6. The van der Waals surface area contributed by atoms with Crippen LogP contribution < -0.4 is 11.3 Å². The predicted octanol–water partition coefficient (Wildman–Crippen LogP) is 0.237. The molecule has 3 aromatic rings. The highest BCUT2D eigenvalue weighted by molar-refractivity contribution is 7.98. The van der Waals surface area contributed by atoms with E-state index in [1.807, 2.05) is 5.43 Å². The maximum atomic E-state index is 11.2. The third-order valence-corrected chi connectivity index (χ3v) is 3.47. The van der Waals surface area contributed by atoms with Crippen LogP contribution in [0.15, 0.2) is 28.3 Å². The molecular weight excluding hydrogens is 282 g/mol. The number of fused-ring (bicyclic) bond motifs is 1. The molecule has 0 unspecified atom stereocenters. The maximum absolute atomic E-state index is 11.2. The Bertz CT molecular complexity index is 753. The van der Waals surface area contributed by atoms with Crippen LogP contribution in [0.1, 0.15) is 16.2 Å². The first-order valence-corrected chi connectivity index (χ1v) is 6.50. The highest BCUT2D eigenvalue weighted by Gasteiger charge is 2.13. The monoisotopic (exact) mass is 291 g/mol. The average Bonchev–Trinajstić information content (AvgIpc) is 3.13. The van der Waals surface area contributed by atoms with Crippen molar-refractivity contribution in [2.75, 3.05) is 0 Å². The summed E-state index contributed by atoms with van der Waals surface area (Å²) >= 11 is 1.42. The van der Waals surface area contributed by atoms with Crippen LogP contribution in [-0.2, 0) is 5.75 Å². The maximum Gasteiger partial charge on any atom is 0.287 e. The Morgan fingerprint density at radius 3 is 3.20 bits per heavy atom. The zero-order chi connectivity index (χ0) is 13.9. The number of thioether (sulfide) groups is 1. The lowest BCUT2D eigenvalue weighted by atomic mass is 10.4. The van der Waals surface area contributed by atoms with Crippen molar-refractivity contribution in [1.82, 2.24) is 30.5 Å². The zero-order valence-electron chi connectivity index (χ0n) is 10.0. The fraction of sp³-hybridized carbons (Fsp3) is 0.100. The molecule has 0 saturated carbocycles. The number of nitrogens with one attached hydrogen (secondary N) is 2. The van der Waals surface area contributed by atoms with E-state index in [9.17, 15) is 4.79 Å². The zero-order valence-corrected chi connectivity index (χ0v) is 10.8. The molecule has 0 radical (unpaired) electrons. The number of H-pyrrole nitrogens is 1. The lowest BCUT2D eigenvalue weighted by Crippen LogP contribution is -2.30. The van der Waals surface area contributed by atoms with E-state index in [4.69, 9.17) is 10.4 Å². The van der Waals surface area contributed by atoms with E-state index in [-0.39, 0.29) is 5.69 Å². The molecule has 0 bridgehead atoms. The largest absolute Gasteiger partial charge is 0.360 e. The van der Waals surface area contributed by atoms with Gasteiger partial charge in [-0.25, -0.2) is 20.8 Å². The van der Waals surface area contributed by atoms with Crippen LogP contribution in [-0.4, -0.2) is 31.0 Å². The van der Waals surface area contributed by atoms with E-state index in [0.29, 0.717) is 17.2 Å². The summed E-state index contributed by atoms with van der Waals surface area (Å²) in [4.78, 5) is 26.5. The minimum atomic E-state index is -0.497. The smallest absolute Gasteiger partial charge is 0.287 e. The molecule has 20 heavy (non-hydrogen) atoms. The van der Waals surface area contributed by atoms with Gasteiger partial charge in [0.2, 0.25) is 0 Å². The Hall–Kier alpha value is -2.46. The van der Waals surface area contributed by atoms with Crippen molar-refractivity contribution in [2.45, 2.75) is 10.8 Å². The molecule has 0 spiro atoms. The van der Waals surface area contributed by atoms with E-state index in [1.165, 1.54) is 24.2 Å². The summed E-state index contributed by atoms with van der Waals surface area (Å²) in [6.45, 7) is 0. The highest BCUT2D eigenvalue weighted by Crippen LogP contribution is 2.25. The second kappa shape index (κ2) is 5.27. The van der Waals surface area contributed by atoms with Gasteiger partial charge in [-0.2, -0.15) is 0 Å². The number of nitrogen functional groups attached to an aromatic ring is 1. The first-order valence-electron chi connectivity index (χ1n) is 5.51. The number of hydrogen-bond acceptors (Lipinski definition) is 8. The van der Waals surface area contributed by atoms with Gasteiger partial charge in [-0.3, -0.25) is 10.2 Å². The van der Waals surface area contributed by atoms with Gasteiger partial charge in [0.25, 0.3) is 5.91 Å². The summed E-state index contributed by atoms with van der Waals surface area (Å²) < 4.78 is 5.05. The number of carbonyl (C=O) groups excluding carboxylic acids is 1. The number of imidazole rings is 1. The molecule has 3 rings (SSSR count). The summed E-state index contributed by atoms with van der Waals surface area (Å²) in [7, 11) is 0. The quantitative estimate of drug-likeness (QED) is 0.204. The predicted molar refractivity (Wildman–Crippen MR) is 69.4 cm³/mol. The third-order valence-electron chi connectivity index (χ3n) is 2.46. The fourth-order valence-corrected chi connectivity index (χ4v) is 2.38. The molecule has 0 aliphatic carbocycles. The van der Waals surface area contributed by atoms with Crippen LogP contribution >= 0.6 is 11.8 Å². The molecular formula is C10H9N7O2S. The summed E-state index contributed by atoms with van der Waals surface area (Å²) in [5, 5.41) is 4.36. The number of rotatable bonds is 4. The van der Waals surface area contributed by atoms with Crippen molar-refractivity contribution < 1.29 is 9.32 Å². The van der Waals surface area contributed by atoms with Crippen LogP contribution in [0.3, 0.4) is 0 Å². The van der Waals surface area contributed by atoms with Crippen molar-refractivity contribution in [2.24, 2.45) is 5.84 Å². The lowest BCUT2D eigenvalue weighted by molar-refractivity contribution is 0.0944. The summed E-state index contributed by atoms with van der Waals surface area (Å²) in [5.74, 6) is 5.53. The topological polar surface area (TPSA) is 136 Å². The molecule has 0 fully saturated rings. The SMILES string of the molecule is NNC(=O)c1cc(CSc2ncnc3nc[nH]c23)on1. The standard InChI is InChI=1S/C10H9N7O2S/c11-16-9(18)6-1-5(19-17-6)2-20-10-7-8(13-3-12-7)14-4-15-10/h1,3-4H,2,11H2,(H,16,18)(H,12,13,14,15). The molecule has 0 aliphatic rings. The van der Waals surface area contributed by atoms with E-state index >= 15 is 0 Å². The van der Waals surface area contributed by atoms with Gasteiger partial charge in [0.05, 0.1) is 12.1 Å². The molecule has 9 nitrogen and oxygen atoms in total. The summed E-state index contributed by atoms with van der Waals surface area (Å²) in [5.41, 5.74) is 3.48. The molecule has 0 aliphatic heterocycles. The molecule has 0 atom stereocenters. The number of hydrogen-bond donors (Lipinski definition) is 3. The van der Waals surface area contributed by atoms with Crippen LogP contribution in [0.2, 0.25) is 0 Å². The molecule has 4 N–H and O–H groups in total. The molecule has 10 heteroatoms. The molecule has 102 valence electrons. The third kappa shape index (κ3) is 2.33. The van der Waals surface area contributed by atoms with Crippen LogP contribution in [0.4, 0.5) is 0 Å². The van der Waals surface area contributed by atoms with Crippen molar-refractivity contribution in [3.63, 3.8) is 0 Å². The second-order valence-corrected chi connectivity index (χ2v) is 4.68. The normalized spacial score (nSPS) is 10.8. The second-order valence-electron chi connectivity index (χ2n) is 3.72. The number of amides is 1. The van der Waals surface area contributed by atoms with Crippen molar-refractivity contribution in [3.8, 4) is 0 Å². The van der Waals surface area contributed by atoms with Gasteiger partial charge in [-0.05, 0) is 0 Å². The Balaban J connectivity index is 1.75. The van der Waals surface area contributed by atoms with Crippen molar-refractivity contribution in [3.05, 3.63) is 30.2 Å². The summed E-state index contributed by atoms with van der Waals surface area (Å²) in [6.07, 6.45) is 3.00. The number of hydrazine groups is 1. The van der Waals surface area contributed by atoms with Crippen LogP contribution in [0.25, 0.3) is 11.2 Å². The molecule has 3 aromatic heterocycles. The first-order chi connectivity index (χ1) is 9.78. The van der Waals surface area contributed by atoms with Gasteiger partial charge in [-0.1, -0.05) is 16.9 Å². The van der Waals surface area contributed by atoms with Crippen molar-refractivity contribution in [1.29, 1.82) is 0 Å². The van der Waals surface area contributed by atoms with Gasteiger partial charge in [0, 0.05) is 6.07 Å². The number of carbonyl (C=O) groups is 1. The van der Waals surface area contributed by atoms with E-state index in [1.54, 1.807) is 6.33 Å². The van der Waals surface area contributed by atoms with Gasteiger partial charge in [-0.15, -0.1) is 0 Å². The highest BCUT2D eigenvalue weighted by atomic mass is 32.2. The van der Waals surface area contributed by atoms with Crippen LogP contribution in [0.5, 0.6) is 0 Å². The van der Waals surface area contributed by atoms with Gasteiger partial charge >= 0.3 is 0 Å². The number of aromatic nitrogens is 5.